The van der Waals surface area contributed by atoms with Crippen molar-refractivity contribution in [2.24, 2.45) is 5.92 Å². The third-order valence-electron chi connectivity index (χ3n) is 7.19. The van der Waals surface area contributed by atoms with Gasteiger partial charge < -0.3 is 34.6 Å². The van der Waals surface area contributed by atoms with Gasteiger partial charge in [0.25, 0.3) is 0 Å². The van der Waals surface area contributed by atoms with Crippen LogP contribution in [0.25, 0.3) is 0 Å². The van der Waals surface area contributed by atoms with Crippen molar-refractivity contribution in [3.63, 3.8) is 0 Å². The zero-order valence-corrected chi connectivity index (χ0v) is 22.5. The molecule has 0 spiro atoms. The van der Waals surface area contributed by atoms with Gasteiger partial charge >= 0.3 is 0 Å². The molecule has 7 heteroatoms. The summed E-state index contributed by atoms with van der Waals surface area (Å²) in [7, 11) is 0. The minimum Gasteiger partial charge on any atom is -0.392 e. The summed E-state index contributed by atoms with van der Waals surface area (Å²) in [4.78, 5) is 0. The second-order valence-corrected chi connectivity index (χ2v) is 10.2. The third-order valence-corrected chi connectivity index (χ3v) is 7.19. The van der Waals surface area contributed by atoms with E-state index in [9.17, 15) is 10.2 Å². The zero-order chi connectivity index (χ0) is 27.0. The number of aliphatic hydroxyl groups is 4. The number of benzene rings is 1. The SMILES string of the molecule is C=C(CO)C(O)OCCC(CCOC(O)C(=C)CO)CC1CCC(c2ccc(CCCCC)cc2)CO1. The lowest BCUT2D eigenvalue weighted by molar-refractivity contribution is -0.0912. The molecule has 37 heavy (non-hydrogen) atoms. The summed E-state index contributed by atoms with van der Waals surface area (Å²) >= 11 is 0. The fraction of sp³-hybridized carbons (Fsp3) is 0.667. The molecule has 0 aromatic heterocycles. The van der Waals surface area contributed by atoms with E-state index in [1.54, 1.807) is 0 Å². The first kappa shape index (κ1) is 31.6. The number of hydrogen-bond donors (Lipinski definition) is 4. The minimum absolute atomic E-state index is 0.129. The second-order valence-electron chi connectivity index (χ2n) is 10.2. The largest absolute Gasteiger partial charge is 0.392 e. The number of rotatable bonds is 19. The minimum atomic E-state index is -1.19. The molecule has 1 saturated heterocycles. The third kappa shape index (κ3) is 11.8. The quantitative estimate of drug-likeness (QED) is 0.123. The van der Waals surface area contributed by atoms with Crippen molar-refractivity contribution in [3.05, 3.63) is 59.7 Å². The molecule has 4 unspecified atom stereocenters. The van der Waals surface area contributed by atoms with Gasteiger partial charge in [-0.25, -0.2) is 0 Å². The van der Waals surface area contributed by atoms with Gasteiger partial charge in [-0.05, 0) is 62.0 Å². The van der Waals surface area contributed by atoms with Crippen molar-refractivity contribution in [1.82, 2.24) is 0 Å². The lowest BCUT2D eigenvalue weighted by Crippen LogP contribution is -2.28. The Morgan fingerprint density at radius 1 is 0.946 bits per heavy atom. The maximum Gasteiger partial charge on any atom is 0.179 e. The van der Waals surface area contributed by atoms with Gasteiger partial charge in [0.2, 0.25) is 0 Å². The van der Waals surface area contributed by atoms with E-state index in [0.29, 0.717) is 38.6 Å². The molecule has 0 saturated carbocycles. The van der Waals surface area contributed by atoms with Crippen LogP contribution in [0.5, 0.6) is 0 Å². The first-order valence-corrected chi connectivity index (χ1v) is 13.7. The van der Waals surface area contributed by atoms with Gasteiger partial charge in [0, 0.05) is 17.1 Å². The van der Waals surface area contributed by atoms with Crippen molar-refractivity contribution >= 4 is 0 Å². The van der Waals surface area contributed by atoms with E-state index < -0.39 is 12.6 Å². The molecule has 1 fully saturated rings. The summed E-state index contributed by atoms with van der Waals surface area (Å²) in [6.45, 7) is 10.1. The molecule has 0 amide bonds. The van der Waals surface area contributed by atoms with Gasteiger partial charge in [-0.3, -0.25) is 0 Å². The molecule has 210 valence electrons. The number of hydrogen-bond acceptors (Lipinski definition) is 7. The smallest absolute Gasteiger partial charge is 0.179 e. The number of aryl methyl sites for hydroxylation is 1. The lowest BCUT2D eigenvalue weighted by atomic mass is 9.86. The number of aliphatic hydroxyl groups excluding tert-OH is 4. The van der Waals surface area contributed by atoms with Crippen LogP contribution >= 0.6 is 0 Å². The Labute approximate surface area is 222 Å². The predicted octanol–water partition coefficient (Wildman–Crippen LogP) is 4.24. The second kappa shape index (κ2) is 17.8. The van der Waals surface area contributed by atoms with Gasteiger partial charge in [-0.15, -0.1) is 0 Å². The van der Waals surface area contributed by atoms with Crippen LogP contribution in [0.1, 0.15) is 75.3 Å². The lowest BCUT2D eigenvalue weighted by Gasteiger charge is -2.32. The molecule has 1 aromatic rings. The molecule has 4 N–H and O–H groups in total. The summed E-state index contributed by atoms with van der Waals surface area (Å²) in [5, 5.41) is 38.0. The fourth-order valence-corrected chi connectivity index (χ4v) is 4.63. The highest BCUT2D eigenvalue weighted by atomic mass is 16.6. The van der Waals surface area contributed by atoms with E-state index in [0.717, 1.165) is 25.7 Å². The average molecular weight is 521 g/mol. The molecule has 1 heterocycles. The van der Waals surface area contributed by atoms with Crippen LogP contribution in [0, 0.1) is 5.92 Å². The van der Waals surface area contributed by atoms with Crippen LogP contribution in [-0.4, -0.2) is 72.1 Å². The summed E-state index contributed by atoms with van der Waals surface area (Å²) in [5.74, 6) is 0.596. The number of ether oxygens (including phenoxy) is 3. The molecule has 2 rings (SSSR count). The van der Waals surface area contributed by atoms with Crippen LogP contribution < -0.4 is 0 Å². The highest BCUT2D eigenvalue weighted by Gasteiger charge is 2.26. The van der Waals surface area contributed by atoms with Gasteiger partial charge in [0.15, 0.2) is 12.6 Å². The predicted molar refractivity (Wildman–Crippen MR) is 145 cm³/mol. The zero-order valence-electron chi connectivity index (χ0n) is 22.5. The molecule has 0 radical (unpaired) electrons. The van der Waals surface area contributed by atoms with Gasteiger partial charge in [0.05, 0.1) is 39.1 Å². The van der Waals surface area contributed by atoms with E-state index >= 15 is 0 Å². The van der Waals surface area contributed by atoms with Crippen molar-refractivity contribution in [3.8, 4) is 0 Å². The monoisotopic (exact) mass is 520 g/mol. The molecule has 1 aromatic carbocycles. The molecular formula is C30H48O7. The highest BCUT2D eigenvalue weighted by Crippen LogP contribution is 2.32. The maximum absolute atomic E-state index is 9.90. The Balaban J connectivity index is 1.83. The van der Waals surface area contributed by atoms with Gasteiger partial charge in [-0.1, -0.05) is 57.2 Å². The van der Waals surface area contributed by atoms with Crippen LogP contribution in [0.3, 0.4) is 0 Å². The Hall–Kier alpha value is -1.58. The highest BCUT2D eigenvalue weighted by molar-refractivity contribution is 5.26. The Bertz CT molecular complexity index is 743. The van der Waals surface area contributed by atoms with E-state index in [-0.39, 0.29) is 36.4 Å². The first-order valence-electron chi connectivity index (χ1n) is 13.7. The first-order chi connectivity index (χ1) is 17.9. The van der Waals surface area contributed by atoms with Crippen molar-refractivity contribution in [2.45, 2.75) is 89.3 Å². The molecule has 0 aliphatic carbocycles. The summed E-state index contributed by atoms with van der Waals surface area (Å²) in [6.07, 6.45) is 6.83. The van der Waals surface area contributed by atoms with E-state index in [2.05, 4.69) is 44.3 Å². The normalized spacial score (nSPS) is 20.4. The molecule has 7 nitrogen and oxygen atoms in total. The Morgan fingerprint density at radius 2 is 1.54 bits per heavy atom. The van der Waals surface area contributed by atoms with Gasteiger partial charge in [0.1, 0.15) is 0 Å². The fourth-order valence-electron chi connectivity index (χ4n) is 4.63. The van der Waals surface area contributed by atoms with Crippen molar-refractivity contribution < 1.29 is 34.6 Å². The van der Waals surface area contributed by atoms with Gasteiger partial charge in [-0.2, -0.15) is 0 Å². The van der Waals surface area contributed by atoms with Crippen LogP contribution in [0.15, 0.2) is 48.6 Å². The molecule has 1 aliphatic heterocycles. The molecule has 0 bridgehead atoms. The van der Waals surface area contributed by atoms with Crippen LogP contribution in [-0.2, 0) is 20.6 Å². The maximum atomic E-state index is 9.90. The average Bonchev–Trinajstić information content (AvgIpc) is 2.92. The Kier molecular flexibility index (Phi) is 15.3. The molecule has 1 aliphatic rings. The number of unbranched alkanes of at least 4 members (excludes halogenated alkanes) is 2. The molecule has 4 atom stereocenters. The van der Waals surface area contributed by atoms with Crippen LogP contribution in [0.2, 0.25) is 0 Å². The van der Waals surface area contributed by atoms with E-state index in [1.807, 2.05) is 0 Å². The van der Waals surface area contributed by atoms with Crippen LogP contribution in [0.4, 0.5) is 0 Å². The summed E-state index contributed by atoms with van der Waals surface area (Å²) < 4.78 is 17.1. The van der Waals surface area contributed by atoms with E-state index in [1.165, 1.54) is 30.4 Å². The topological polar surface area (TPSA) is 109 Å². The van der Waals surface area contributed by atoms with E-state index in [4.69, 9.17) is 24.4 Å². The molecular weight excluding hydrogens is 472 g/mol. The summed E-state index contributed by atoms with van der Waals surface area (Å²) in [5.41, 5.74) is 3.19. The standard InChI is InChI=1S/C30H48O7/c1-4-5-6-7-24-8-10-26(11-9-24)27-12-13-28(37-21-27)18-25(14-16-35-29(33)22(2)19-31)15-17-36-30(34)23(3)20-32/h8-11,25,27-34H,2-7,12-21H2,1H3. The van der Waals surface area contributed by atoms with Crippen molar-refractivity contribution in [1.29, 1.82) is 0 Å². The Morgan fingerprint density at radius 3 is 2.03 bits per heavy atom. The summed E-state index contributed by atoms with van der Waals surface area (Å²) in [6, 6.07) is 9.02. The van der Waals surface area contributed by atoms with Crippen molar-refractivity contribution in [2.75, 3.05) is 33.0 Å².